The summed E-state index contributed by atoms with van der Waals surface area (Å²) in [5.41, 5.74) is 9.64. The Labute approximate surface area is 795 Å². The van der Waals surface area contributed by atoms with Crippen molar-refractivity contribution in [2.75, 3.05) is 79.3 Å². The van der Waals surface area contributed by atoms with Crippen molar-refractivity contribution in [2.24, 2.45) is 0 Å². The average Bonchev–Trinajstić information content (AvgIpc) is 0.783. The molecule has 3 aromatic carbocycles. The Morgan fingerprint density at radius 1 is 0.388 bits per heavy atom. The lowest BCUT2D eigenvalue weighted by molar-refractivity contribution is -0.197. The van der Waals surface area contributed by atoms with Crippen LogP contribution in [0.3, 0.4) is 0 Å². The van der Waals surface area contributed by atoms with Crippen LogP contribution in [0.4, 0.5) is 0 Å². The van der Waals surface area contributed by atoms with Crippen molar-refractivity contribution < 1.29 is 76.0 Å². The van der Waals surface area contributed by atoms with Gasteiger partial charge in [0.25, 0.3) is 23.6 Å². The molecule has 13 heterocycles. The van der Waals surface area contributed by atoms with E-state index < -0.39 is 0 Å². The predicted octanol–water partition coefficient (Wildman–Crippen LogP) is 20.4. The van der Waals surface area contributed by atoms with E-state index in [4.69, 9.17) is 56.8 Å². The van der Waals surface area contributed by atoms with Gasteiger partial charge in [0.15, 0.2) is 0 Å². The highest BCUT2D eigenvalue weighted by atomic mass is 16.6. The maximum Gasteiger partial charge on any atom is 0.272 e. The highest BCUT2D eigenvalue weighted by Crippen LogP contribution is 2.50. The normalized spacial score (nSPS) is 22.5. The third-order valence-corrected chi connectivity index (χ3v) is 27.1. The van der Waals surface area contributed by atoms with Crippen LogP contribution in [0.25, 0.3) is 0 Å². The van der Waals surface area contributed by atoms with Crippen molar-refractivity contribution in [3.8, 4) is 23.0 Å². The van der Waals surface area contributed by atoms with Gasteiger partial charge in [-0.3, -0.25) is 39.1 Å². The van der Waals surface area contributed by atoms with Gasteiger partial charge in [-0.05, 0) is 284 Å². The Balaban J connectivity index is 0.000000152. The minimum Gasteiger partial charge on any atom is -0.496 e. The monoisotopic (exact) mass is 1840 g/mol. The number of carbonyl (C=O) groups excluding carboxylic acids is 4. The molecule has 8 saturated heterocycles. The van der Waals surface area contributed by atoms with E-state index in [1.807, 2.05) is 225 Å². The van der Waals surface area contributed by atoms with Gasteiger partial charge in [-0.15, -0.1) is 0 Å². The Bertz CT molecular complexity index is 4930. The minimum absolute atomic E-state index is 0.00305. The summed E-state index contributed by atoms with van der Waals surface area (Å²) >= 11 is 0. The molecule has 0 bridgehead atoms. The highest BCUT2D eigenvalue weighted by Gasteiger charge is 2.50. The average molecular weight is 1840 g/mol. The van der Waals surface area contributed by atoms with Gasteiger partial charge in [-0.25, -0.2) is 4.98 Å². The van der Waals surface area contributed by atoms with E-state index in [1.165, 1.54) is 0 Å². The van der Waals surface area contributed by atoms with Gasteiger partial charge < -0.3 is 76.4 Å². The quantitative estimate of drug-likeness (QED) is 0.0576. The molecule has 25 nitrogen and oxygen atoms in total. The van der Waals surface area contributed by atoms with Crippen LogP contribution in [0.2, 0.25) is 0 Å². The zero-order chi connectivity index (χ0) is 95.5. The second-order valence-electron chi connectivity index (χ2n) is 39.7. The number of benzene rings is 3. The standard InChI is InChI=1S/2C28H38N2O4.C27H36N2O4.C26H35N3O4/c1-19(2)32-24-16-26(23-7-6-12-29-18-23)34-28(17-24)10-13-30(14-11-28)27(31)22-8-9-25(21(5)15-22)33-20(3)4;1-6-33-22-17-24(21-8-7-13-29-19-21)34-28(18-22)11-14-30(15-12-28)26(31)20-9-10-23(27(2,3)4)25(16-20)32-5;1-5-31-23-17-25(21-8-12-28-13-9-21)33-27(18-23)10-14-29(15-11-27)26(30)22-6-7-24(20(4)16-22)32-19(2)3;1-5-31-21-15-24(20-7-6-12-27-17-20)33-26(16-21)10-13-29(14-11-26)25(30)22-8-9-23(19(4)28-22)32-18(2)3/h6-9,12,15,18-20,24,26H,10-11,13-14,16-17H2,1-5H3;7-10,13,16,19,22,24H,6,11-12,14-15,17-18H2,1-5H3;6-9,12-13,16,19,23,25H,5,10-11,14-15,17-18H2,1-4H3;6-9,12,17-18,21,24H,5,10-11,13-16H2,1-4H3. The fourth-order valence-corrected chi connectivity index (χ4v) is 20.5. The number of aryl methyl sites for hydroxylation is 3. The van der Waals surface area contributed by atoms with E-state index in [2.05, 4.69) is 77.7 Å². The van der Waals surface area contributed by atoms with E-state index in [9.17, 15) is 19.2 Å². The van der Waals surface area contributed by atoms with Crippen molar-refractivity contribution >= 4 is 23.6 Å². The van der Waals surface area contributed by atoms with Gasteiger partial charge in [0.2, 0.25) is 0 Å². The van der Waals surface area contributed by atoms with Gasteiger partial charge in [-0.1, -0.05) is 45.0 Å². The summed E-state index contributed by atoms with van der Waals surface area (Å²) < 4.78 is 74.4. The summed E-state index contributed by atoms with van der Waals surface area (Å²) in [7, 11) is 1.66. The van der Waals surface area contributed by atoms with E-state index in [1.54, 1.807) is 31.8 Å². The van der Waals surface area contributed by atoms with Gasteiger partial charge in [0.1, 0.15) is 28.7 Å². The van der Waals surface area contributed by atoms with Crippen LogP contribution in [-0.2, 0) is 43.3 Å². The van der Waals surface area contributed by atoms with Crippen LogP contribution < -0.4 is 18.9 Å². The van der Waals surface area contributed by atoms with Crippen molar-refractivity contribution in [1.29, 1.82) is 0 Å². The molecule has 724 valence electrons. The molecular formula is C109H147N9O16. The van der Waals surface area contributed by atoms with E-state index in [0.29, 0.717) is 94.6 Å². The minimum atomic E-state index is -0.284. The number of ether oxygens (including phenoxy) is 12. The number of methoxy groups -OCH3 is 1. The van der Waals surface area contributed by atoms with Crippen molar-refractivity contribution in [2.45, 2.75) is 322 Å². The first-order valence-corrected chi connectivity index (χ1v) is 49.1. The molecule has 0 saturated carbocycles. The molecule has 16 rings (SSSR count). The molecule has 8 unspecified atom stereocenters. The van der Waals surface area contributed by atoms with Crippen LogP contribution in [0, 0.1) is 20.8 Å². The first-order valence-electron chi connectivity index (χ1n) is 49.1. The Morgan fingerprint density at radius 3 is 1.05 bits per heavy atom. The van der Waals surface area contributed by atoms with Gasteiger partial charge in [-0.2, -0.15) is 0 Å². The van der Waals surface area contributed by atoms with E-state index >= 15 is 0 Å². The summed E-state index contributed by atoms with van der Waals surface area (Å²) in [6.07, 6.45) is 28.8. The summed E-state index contributed by atoms with van der Waals surface area (Å²) in [6.45, 7) is 42.0. The molecule has 8 atom stereocenters. The number of amides is 4. The van der Waals surface area contributed by atoms with Crippen molar-refractivity contribution in [1.82, 2.24) is 44.5 Å². The first kappa shape index (κ1) is 102. The second-order valence-corrected chi connectivity index (χ2v) is 39.7. The number of likely N-dealkylation sites (tertiary alicyclic amines) is 4. The number of aromatic nitrogens is 5. The van der Waals surface area contributed by atoms with Crippen molar-refractivity contribution in [3.05, 3.63) is 232 Å². The predicted molar refractivity (Wildman–Crippen MR) is 517 cm³/mol. The summed E-state index contributed by atoms with van der Waals surface area (Å²) in [4.78, 5) is 82.3. The Morgan fingerprint density at radius 2 is 0.724 bits per heavy atom. The number of rotatable bonds is 23. The fraction of sp³-hybridized carbons (Fsp3) is 0.569. The molecular weight excluding hydrogens is 1690 g/mol. The number of hydrogen-bond donors (Lipinski definition) is 0. The van der Waals surface area contributed by atoms with E-state index in [0.717, 1.165) is 170 Å². The van der Waals surface area contributed by atoms with Gasteiger partial charge >= 0.3 is 0 Å². The maximum atomic E-state index is 13.3. The molecule has 25 heteroatoms. The molecule has 8 fully saturated rings. The SMILES string of the molecule is CCOC1CC(c2cccnc2)OC2(CCN(C(=O)c3ccc(C(C)(C)C)c(OC)c3)CC2)C1.CCOC1CC(c2cccnc2)OC2(CCN(C(=O)c3ccc(OC(C)C)c(C)n3)CC2)C1.CCOC1CC(c2ccncc2)OC2(CCN(C(=O)c3ccc(OC(C)C)c(C)c3)CC2)C1.Cc1cc(C(=O)N2CCC3(CC2)CC(OC(C)C)CC(c2cccnc2)O3)ccc1OC(C)C. The van der Waals surface area contributed by atoms with E-state index in [-0.39, 0.29) is 125 Å². The molecule has 8 aliphatic rings. The topological polar surface area (TPSA) is 256 Å². The lowest BCUT2D eigenvalue weighted by Crippen LogP contribution is -2.52. The third kappa shape index (κ3) is 26.7. The lowest BCUT2D eigenvalue weighted by Gasteiger charge is -2.49. The van der Waals surface area contributed by atoms with Crippen LogP contribution >= 0.6 is 0 Å². The zero-order valence-corrected chi connectivity index (χ0v) is 82.7. The molecule has 8 aromatic rings. The second kappa shape index (κ2) is 46.3. The maximum absolute atomic E-state index is 13.3. The number of pyridine rings is 5. The number of carbonyl (C=O) groups is 4. The highest BCUT2D eigenvalue weighted by molar-refractivity contribution is 5.96. The molecule has 5 aromatic heterocycles. The zero-order valence-electron chi connectivity index (χ0n) is 82.7. The molecule has 0 N–H and O–H groups in total. The molecule has 0 aliphatic carbocycles. The summed E-state index contributed by atoms with van der Waals surface area (Å²) in [5.74, 6) is 3.31. The smallest absolute Gasteiger partial charge is 0.272 e. The fourth-order valence-electron chi connectivity index (χ4n) is 20.5. The molecule has 4 amide bonds. The van der Waals surface area contributed by atoms with Gasteiger partial charge in [0.05, 0.1) is 108 Å². The largest absolute Gasteiger partial charge is 0.496 e. The molecule has 4 spiro atoms. The Kier molecular flexibility index (Phi) is 35.1. The number of nitrogens with zero attached hydrogens (tertiary/aromatic N) is 9. The summed E-state index contributed by atoms with van der Waals surface area (Å²) in [5, 5.41) is 0. The summed E-state index contributed by atoms with van der Waals surface area (Å²) in [6, 6.07) is 37.0. The van der Waals surface area contributed by atoms with Gasteiger partial charge in [0, 0.05) is 190 Å². The van der Waals surface area contributed by atoms with Crippen molar-refractivity contribution in [3.63, 3.8) is 0 Å². The van der Waals surface area contributed by atoms with Crippen LogP contribution in [0.15, 0.2) is 165 Å². The molecule has 8 aliphatic heterocycles. The lowest BCUT2D eigenvalue weighted by atomic mass is 9.80. The first-order chi connectivity index (χ1) is 64.3. The Hall–Kier alpha value is -9.83. The van der Waals surface area contributed by atoms with Crippen LogP contribution in [0.1, 0.15) is 310 Å². The number of piperidine rings is 4. The molecule has 134 heavy (non-hydrogen) atoms. The van der Waals surface area contributed by atoms with Crippen LogP contribution in [-0.4, -0.2) is 219 Å². The molecule has 0 radical (unpaired) electrons. The number of hydrogen-bond acceptors (Lipinski definition) is 21. The third-order valence-electron chi connectivity index (χ3n) is 27.1. The van der Waals surface area contributed by atoms with Crippen LogP contribution in [0.5, 0.6) is 23.0 Å².